The van der Waals surface area contributed by atoms with Gasteiger partial charge in [-0.1, -0.05) is 13.8 Å². The van der Waals surface area contributed by atoms with Crippen LogP contribution in [0, 0.1) is 5.92 Å². The Labute approximate surface area is 50.9 Å². The van der Waals surface area contributed by atoms with Crippen LogP contribution in [0.4, 0.5) is 13.2 Å². The Morgan fingerprint density at radius 2 is 1.67 bits per heavy atom. The van der Waals surface area contributed by atoms with Gasteiger partial charge < -0.3 is 0 Å². The third-order valence-electron chi connectivity index (χ3n) is 0.804. The Bertz CT molecular complexity index is 114. The largest absolute Gasteiger partial charge is 0.450 e. The van der Waals surface area contributed by atoms with Crippen LogP contribution < -0.4 is 0 Å². The summed E-state index contributed by atoms with van der Waals surface area (Å²) in [6, 6.07) is 0. The van der Waals surface area contributed by atoms with Gasteiger partial charge in [-0.25, -0.2) is 0 Å². The fourth-order valence-electron chi connectivity index (χ4n) is 0.327. The topological polar surface area (TPSA) is 17.1 Å². The molecule has 0 spiro atoms. The normalized spacial score (nSPS) is 12.2. The summed E-state index contributed by atoms with van der Waals surface area (Å²) in [5.74, 6) is -2.62. The first-order valence-electron chi connectivity index (χ1n) is 2.46. The van der Waals surface area contributed by atoms with Crippen molar-refractivity contribution in [3.05, 3.63) is 0 Å². The minimum absolute atomic E-state index is 0.954. The molecule has 0 saturated heterocycles. The van der Waals surface area contributed by atoms with Crippen molar-refractivity contribution in [2.24, 2.45) is 5.92 Å². The van der Waals surface area contributed by atoms with Crippen molar-refractivity contribution in [1.29, 1.82) is 0 Å². The summed E-state index contributed by atoms with van der Waals surface area (Å²) >= 11 is 0. The van der Waals surface area contributed by atoms with Crippen molar-refractivity contribution in [1.82, 2.24) is 0 Å². The average molecular weight is 140 g/mol. The van der Waals surface area contributed by atoms with E-state index >= 15 is 0 Å². The Morgan fingerprint density at radius 1 is 1.33 bits per heavy atom. The summed E-state index contributed by atoms with van der Waals surface area (Å²) in [4.78, 5) is 10.0. The van der Waals surface area contributed by atoms with Crippen LogP contribution in [0.1, 0.15) is 13.8 Å². The summed E-state index contributed by atoms with van der Waals surface area (Å²) in [5.41, 5.74) is 0. The van der Waals surface area contributed by atoms with E-state index < -0.39 is 17.9 Å². The van der Waals surface area contributed by atoms with Gasteiger partial charge in [0.25, 0.3) is 0 Å². The highest BCUT2D eigenvalue weighted by atomic mass is 19.4. The number of alkyl halides is 3. The quantitative estimate of drug-likeness (QED) is 0.542. The second kappa shape index (κ2) is 2.37. The molecular formula is C5H7F3O. The molecular weight excluding hydrogens is 133 g/mol. The lowest BCUT2D eigenvalue weighted by atomic mass is 10.1. The van der Waals surface area contributed by atoms with E-state index in [2.05, 4.69) is 0 Å². The maximum atomic E-state index is 11.4. The van der Waals surface area contributed by atoms with Crippen molar-refractivity contribution < 1.29 is 18.0 Å². The molecule has 0 aromatic carbocycles. The number of hydrogen-bond acceptors (Lipinski definition) is 1. The van der Waals surface area contributed by atoms with Crippen LogP contribution in [-0.4, -0.2) is 12.0 Å². The average Bonchev–Trinajstić information content (AvgIpc) is 1.62. The molecule has 0 unspecified atom stereocenters. The predicted molar refractivity (Wildman–Crippen MR) is 25.9 cm³/mol. The molecule has 0 aromatic heterocycles. The molecule has 0 heterocycles. The number of carbonyl (C=O) groups excluding carboxylic acids is 1. The highest BCUT2D eigenvalue weighted by molar-refractivity contribution is 5.85. The SMILES string of the molecule is CC(C)C(=O)C(F)(F)F. The van der Waals surface area contributed by atoms with E-state index in [9.17, 15) is 18.0 Å². The van der Waals surface area contributed by atoms with Crippen molar-refractivity contribution in [2.75, 3.05) is 0 Å². The van der Waals surface area contributed by atoms with Gasteiger partial charge in [-0.05, 0) is 0 Å². The fourth-order valence-corrected chi connectivity index (χ4v) is 0.327. The Morgan fingerprint density at radius 3 is 1.67 bits per heavy atom. The standard InChI is InChI=1S/C5H7F3O/c1-3(2)4(9)5(6,7)8/h3H,1-2H3. The van der Waals surface area contributed by atoms with Gasteiger partial charge in [-0.3, -0.25) is 4.79 Å². The lowest BCUT2D eigenvalue weighted by Gasteiger charge is -2.06. The highest BCUT2D eigenvalue weighted by Gasteiger charge is 2.39. The first-order chi connectivity index (χ1) is 3.85. The zero-order valence-corrected chi connectivity index (χ0v) is 5.12. The number of rotatable bonds is 1. The molecule has 4 heteroatoms. The first-order valence-corrected chi connectivity index (χ1v) is 2.46. The molecule has 0 aliphatic carbocycles. The highest BCUT2D eigenvalue weighted by Crippen LogP contribution is 2.19. The minimum atomic E-state index is -4.66. The Kier molecular flexibility index (Phi) is 2.23. The molecule has 0 N–H and O–H groups in total. The Hall–Kier alpha value is -0.540. The maximum Gasteiger partial charge on any atom is 0.450 e. The maximum absolute atomic E-state index is 11.4. The molecule has 0 rings (SSSR count). The van der Waals surface area contributed by atoms with E-state index in [-0.39, 0.29) is 0 Å². The molecule has 54 valence electrons. The minimum Gasteiger partial charge on any atom is -0.289 e. The van der Waals surface area contributed by atoms with Crippen LogP contribution in [0.15, 0.2) is 0 Å². The molecule has 0 bridgehead atoms. The van der Waals surface area contributed by atoms with Crippen molar-refractivity contribution >= 4 is 5.78 Å². The number of halogens is 3. The molecule has 0 saturated carbocycles. The van der Waals surface area contributed by atoms with Gasteiger partial charge in [0.15, 0.2) is 0 Å². The van der Waals surface area contributed by atoms with Gasteiger partial charge in [0.2, 0.25) is 5.78 Å². The van der Waals surface area contributed by atoms with Crippen LogP contribution in [-0.2, 0) is 4.79 Å². The van der Waals surface area contributed by atoms with Gasteiger partial charge in [-0.15, -0.1) is 0 Å². The third kappa shape index (κ3) is 2.49. The second-order valence-corrected chi connectivity index (χ2v) is 2.02. The molecule has 0 aliphatic heterocycles. The molecule has 0 fully saturated rings. The zero-order valence-electron chi connectivity index (χ0n) is 5.12. The smallest absolute Gasteiger partial charge is 0.289 e. The van der Waals surface area contributed by atoms with Gasteiger partial charge in [0.05, 0.1) is 0 Å². The van der Waals surface area contributed by atoms with Crippen LogP contribution in [0.5, 0.6) is 0 Å². The van der Waals surface area contributed by atoms with Crippen LogP contribution >= 0.6 is 0 Å². The summed E-state index contributed by atoms with van der Waals surface area (Å²) in [7, 11) is 0. The molecule has 0 aromatic rings. The van der Waals surface area contributed by atoms with Crippen molar-refractivity contribution in [2.45, 2.75) is 20.0 Å². The molecule has 0 radical (unpaired) electrons. The summed E-state index contributed by atoms with van der Waals surface area (Å²) in [6.07, 6.45) is -4.66. The lowest BCUT2D eigenvalue weighted by molar-refractivity contribution is -0.174. The zero-order chi connectivity index (χ0) is 7.65. The summed E-state index contributed by atoms with van der Waals surface area (Å²) < 4.78 is 34.1. The van der Waals surface area contributed by atoms with E-state index in [1.807, 2.05) is 0 Å². The van der Waals surface area contributed by atoms with E-state index in [0.717, 1.165) is 0 Å². The molecule has 0 aliphatic rings. The van der Waals surface area contributed by atoms with Gasteiger partial charge >= 0.3 is 6.18 Å². The Balaban J connectivity index is 4.06. The third-order valence-corrected chi connectivity index (χ3v) is 0.804. The molecule has 0 amide bonds. The van der Waals surface area contributed by atoms with Crippen LogP contribution in [0.25, 0.3) is 0 Å². The number of carbonyl (C=O) groups is 1. The van der Waals surface area contributed by atoms with Gasteiger partial charge in [0.1, 0.15) is 0 Å². The van der Waals surface area contributed by atoms with Crippen molar-refractivity contribution in [3.63, 3.8) is 0 Å². The number of Topliss-reactive ketones (excluding diaryl/α,β-unsaturated/α-hetero) is 1. The van der Waals surface area contributed by atoms with Crippen LogP contribution in [0.2, 0.25) is 0 Å². The van der Waals surface area contributed by atoms with Crippen LogP contribution in [0.3, 0.4) is 0 Å². The number of hydrogen-bond donors (Lipinski definition) is 0. The van der Waals surface area contributed by atoms with Gasteiger partial charge in [-0.2, -0.15) is 13.2 Å². The molecule has 9 heavy (non-hydrogen) atoms. The van der Waals surface area contributed by atoms with E-state index in [1.165, 1.54) is 13.8 Å². The lowest BCUT2D eigenvalue weighted by Crippen LogP contribution is -2.27. The molecule has 0 atom stereocenters. The van der Waals surface area contributed by atoms with E-state index in [1.54, 1.807) is 0 Å². The second-order valence-electron chi connectivity index (χ2n) is 2.02. The first kappa shape index (κ1) is 8.46. The van der Waals surface area contributed by atoms with Crippen molar-refractivity contribution in [3.8, 4) is 0 Å². The number of ketones is 1. The summed E-state index contributed by atoms with van der Waals surface area (Å²) in [5, 5.41) is 0. The van der Waals surface area contributed by atoms with E-state index in [4.69, 9.17) is 0 Å². The van der Waals surface area contributed by atoms with E-state index in [0.29, 0.717) is 0 Å². The fraction of sp³-hybridized carbons (Fsp3) is 0.800. The molecule has 1 nitrogen and oxygen atoms in total. The predicted octanol–water partition coefficient (Wildman–Crippen LogP) is 1.77. The monoisotopic (exact) mass is 140 g/mol. The van der Waals surface area contributed by atoms with Gasteiger partial charge in [0, 0.05) is 5.92 Å². The summed E-state index contributed by atoms with van der Waals surface area (Å²) in [6.45, 7) is 2.44.